The van der Waals surface area contributed by atoms with Crippen molar-refractivity contribution >= 4 is 10.9 Å². The lowest BCUT2D eigenvalue weighted by molar-refractivity contribution is 0.581. The fraction of sp³-hybridized carbons (Fsp3) is 0.227. The van der Waals surface area contributed by atoms with Gasteiger partial charge in [0.2, 0.25) is 0 Å². The lowest BCUT2D eigenvalue weighted by Crippen LogP contribution is -2.16. The van der Waals surface area contributed by atoms with Crippen molar-refractivity contribution in [2.24, 2.45) is 0 Å². The third-order valence-electron chi connectivity index (χ3n) is 4.78. The Hall–Kier alpha value is -2.92. The van der Waals surface area contributed by atoms with Crippen molar-refractivity contribution in [3.63, 3.8) is 0 Å². The molecule has 0 bridgehead atoms. The largest absolute Gasteiger partial charge is 0.343 e. The number of hydrogen-bond acceptors (Lipinski definition) is 2. The van der Waals surface area contributed by atoms with Crippen molar-refractivity contribution in [1.29, 1.82) is 0 Å². The molecule has 2 heterocycles. The summed E-state index contributed by atoms with van der Waals surface area (Å²) in [5, 5.41) is 4.81. The number of nitrogens with zero attached hydrogens (tertiary/aromatic N) is 3. The van der Waals surface area contributed by atoms with Crippen LogP contribution in [0.25, 0.3) is 10.9 Å². The molecule has 138 valence electrons. The Morgan fingerprint density at radius 3 is 2.70 bits per heavy atom. The van der Waals surface area contributed by atoms with Crippen LogP contribution in [0.2, 0.25) is 0 Å². The topological polar surface area (TPSA) is 34.8 Å². The van der Waals surface area contributed by atoms with Crippen molar-refractivity contribution in [3.05, 3.63) is 90.4 Å². The lowest BCUT2D eigenvalue weighted by Gasteiger charge is -2.05. The summed E-state index contributed by atoms with van der Waals surface area (Å²) in [6, 6.07) is 15.2. The molecule has 0 atom stereocenters. The van der Waals surface area contributed by atoms with Gasteiger partial charge in [0, 0.05) is 49.1 Å². The Labute approximate surface area is 158 Å². The first kappa shape index (κ1) is 17.5. The molecule has 5 heteroatoms. The van der Waals surface area contributed by atoms with Crippen LogP contribution in [0.1, 0.15) is 17.5 Å². The fourth-order valence-electron chi connectivity index (χ4n) is 3.41. The van der Waals surface area contributed by atoms with Crippen LogP contribution >= 0.6 is 0 Å². The Morgan fingerprint density at radius 2 is 1.89 bits per heavy atom. The zero-order valence-corrected chi connectivity index (χ0v) is 15.2. The van der Waals surface area contributed by atoms with Crippen LogP contribution < -0.4 is 5.32 Å². The van der Waals surface area contributed by atoms with Crippen LogP contribution in [0.5, 0.6) is 0 Å². The van der Waals surface area contributed by atoms with E-state index < -0.39 is 0 Å². The number of aryl methyl sites for hydroxylation is 1. The molecule has 2 aromatic carbocycles. The number of rotatable bonds is 8. The molecule has 1 N–H and O–H groups in total. The monoisotopic (exact) mass is 362 g/mol. The molecule has 2 aromatic heterocycles. The van der Waals surface area contributed by atoms with Gasteiger partial charge in [-0.25, -0.2) is 9.37 Å². The Morgan fingerprint density at radius 1 is 1.04 bits per heavy atom. The predicted molar refractivity (Wildman–Crippen MR) is 106 cm³/mol. The summed E-state index contributed by atoms with van der Waals surface area (Å²) in [7, 11) is 0. The number of nitrogens with one attached hydrogen (secondary N) is 1. The Balaban J connectivity index is 1.42. The zero-order chi connectivity index (χ0) is 18.5. The van der Waals surface area contributed by atoms with Gasteiger partial charge in [0.25, 0.3) is 0 Å². The molecule has 4 aromatic rings. The predicted octanol–water partition coefficient (Wildman–Crippen LogP) is 4.21. The highest BCUT2D eigenvalue weighted by atomic mass is 19.1. The molecule has 0 saturated heterocycles. The lowest BCUT2D eigenvalue weighted by atomic mass is 10.2. The SMILES string of the molecule is Fc1ccc(Cn2cc(CNCCCn3ccnc3)c3ccccc32)cc1. The summed E-state index contributed by atoms with van der Waals surface area (Å²) in [5.41, 5.74) is 3.59. The highest BCUT2D eigenvalue weighted by Gasteiger charge is 2.08. The fourth-order valence-corrected chi connectivity index (χ4v) is 3.41. The standard InChI is InChI=1S/C22H23FN4/c23-20-8-6-18(7-9-20)15-27-16-19(21-4-1-2-5-22(21)27)14-24-10-3-12-26-13-11-25-17-26/h1-2,4-9,11,13,16-17,24H,3,10,12,14-15H2. The molecular weight excluding hydrogens is 339 g/mol. The van der Waals surface area contributed by atoms with Gasteiger partial charge < -0.3 is 14.5 Å². The van der Waals surface area contributed by atoms with Gasteiger partial charge in [-0.1, -0.05) is 30.3 Å². The van der Waals surface area contributed by atoms with E-state index in [1.165, 1.54) is 28.6 Å². The minimum atomic E-state index is -0.198. The van der Waals surface area contributed by atoms with E-state index in [4.69, 9.17) is 0 Å². The zero-order valence-electron chi connectivity index (χ0n) is 15.2. The highest BCUT2D eigenvalue weighted by molar-refractivity contribution is 5.84. The maximum absolute atomic E-state index is 13.2. The molecule has 0 aliphatic heterocycles. The number of hydrogen-bond donors (Lipinski definition) is 1. The third-order valence-corrected chi connectivity index (χ3v) is 4.78. The van der Waals surface area contributed by atoms with E-state index in [-0.39, 0.29) is 5.82 Å². The first-order valence-corrected chi connectivity index (χ1v) is 9.27. The summed E-state index contributed by atoms with van der Waals surface area (Å²) in [4.78, 5) is 4.06. The van der Waals surface area contributed by atoms with Gasteiger partial charge in [-0.05, 0) is 42.3 Å². The van der Waals surface area contributed by atoms with Crippen molar-refractivity contribution in [2.45, 2.75) is 26.1 Å². The summed E-state index contributed by atoms with van der Waals surface area (Å²) in [5.74, 6) is -0.198. The quantitative estimate of drug-likeness (QED) is 0.477. The van der Waals surface area contributed by atoms with E-state index in [1.54, 1.807) is 0 Å². The number of aromatic nitrogens is 3. The molecule has 4 nitrogen and oxygen atoms in total. The maximum atomic E-state index is 13.2. The van der Waals surface area contributed by atoms with Crippen molar-refractivity contribution in [1.82, 2.24) is 19.4 Å². The van der Waals surface area contributed by atoms with Gasteiger partial charge in [0.05, 0.1) is 6.33 Å². The van der Waals surface area contributed by atoms with Crippen LogP contribution in [0, 0.1) is 5.82 Å². The smallest absolute Gasteiger partial charge is 0.123 e. The van der Waals surface area contributed by atoms with E-state index in [1.807, 2.05) is 30.9 Å². The number of para-hydroxylation sites is 1. The molecular formula is C22H23FN4. The molecule has 27 heavy (non-hydrogen) atoms. The van der Waals surface area contributed by atoms with E-state index in [2.05, 4.69) is 49.9 Å². The number of imidazole rings is 1. The second-order valence-corrected chi connectivity index (χ2v) is 6.76. The minimum absolute atomic E-state index is 0.198. The van der Waals surface area contributed by atoms with Gasteiger partial charge in [-0.2, -0.15) is 0 Å². The molecule has 0 unspecified atom stereocenters. The Kier molecular flexibility index (Phi) is 5.30. The summed E-state index contributed by atoms with van der Waals surface area (Å²) >= 11 is 0. The molecule has 0 saturated carbocycles. The molecule has 4 rings (SSSR count). The van der Waals surface area contributed by atoms with Crippen molar-refractivity contribution < 1.29 is 4.39 Å². The second-order valence-electron chi connectivity index (χ2n) is 6.76. The summed E-state index contributed by atoms with van der Waals surface area (Å²) < 4.78 is 17.5. The maximum Gasteiger partial charge on any atom is 0.123 e. The Bertz CT molecular complexity index is 987. The van der Waals surface area contributed by atoms with Gasteiger partial charge in [0.1, 0.15) is 5.82 Å². The number of fused-ring (bicyclic) bond motifs is 1. The van der Waals surface area contributed by atoms with Crippen molar-refractivity contribution in [2.75, 3.05) is 6.54 Å². The van der Waals surface area contributed by atoms with Crippen LogP contribution in [-0.4, -0.2) is 20.7 Å². The van der Waals surface area contributed by atoms with Crippen LogP contribution in [0.15, 0.2) is 73.4 Å². The van der Waals surface area contributed by atoms with E-state index in [9.17, 15) is 4.39 Å². The molecule has 0 aliphatic rings. The van der Waals surface area contributed by atoms with Crippen molar-refractivity contribution in [3.8, 4) is 0 Å². The molecule has 0 fully saturated rings. The van der Waals surface area contributed by atoms with Gasteiger partial charge in [-0.15, -0.1) is 0 Å². The van der Waals surface area contributed by atoms with Gasteiger partial charge in [0.15, 0.2) is 0 Å². The molecule has 0 aliphatic carbocycles. The van der Waals surface area contributed by atoms with Gasteiger partial charge in [-0.3, -0.25) is 0 Å². The van der Waals surface area contributed by atoms with E-state index in [0.717, 1.165) is 38.2 Å². The average Bonchev–Trinajstić information content (AvgIpc) is 3.32. The van der Waals surface area contributed by atoms with Crippen LogP contribution in [-0.2, 0) is 19.6 Å². The molecule has 0 spiro atoms. The highest BCUT2D eigenvalue weighted by Crippen LogP contribution is 2.22. The molecule has 0 radical (unpaired) electrons. The first-order valence-electron chi connectivity index (χ1n) is 9.27. The normalized spacial score (nSPS) is 11.3. The number of halogens is 1. The summed E-state index contributed by atoms with van der Waals surface area (Å²) in [6.45, 7) is 3.50. The summed E-state index contributed by atoms with van der Waals surface area (Å²) in [6.07, 6.45) is 8.91. The second kappa shape index (κ2) is 8.18. The number of benzene rings is 2. The van der Waals surface area contributed by atoms with Crippen LogP contribution in [0.3, 0.4) is 0 Å². The van der Waals surface area contributed by atoms with Gasteiger partial charge >= 0.3 is 0 Å². The van der Waals surface area contributed by atoms with Crippen LogP contribution in [0.4, 0.5) is 4.39 Å². The first-order chi connectivity index (χ1) is 13.3. The van der Waals surface area contributed by atoms with E-state index in [0.29, 0.717) is 0 Å². The average molecular weight is 362 g/mol. The van der Waals surface area contributed by atoms with E-state index >= 15 is 0 Å². The minimum Gasteiger partial charge on any atom is -0.343 e. The molecule has 0 amide bonds. The third kappa shape index (κ3) is 4.26.